The fourth-order valence-corrected chi connectivity index (χ4v) is 3.54. The lowest BCUT2D eigenvalue weighted by atomic mass is 9.79. The van der Waals surface area contributed by atoms with Crippen LogP contribution in [0.2, 0.25) is 0 Å². The zero-order valence-electron chi connectivity index (χ0n) is 14.7. The van der Waals surface area contributed by atoms with Gasteiger partial charge in [-0.3, -0.25) is 0 Å². The van der Waals surface area contributed by atoms with Crippen LogP contribution in [0.5, 0.6) is 0 Å². The van der Waals surface area contributed by atoms with Crippen molar-refractivity contribution in [1.82, 2.24) is 0 Å². The summed E-state index contributed by atoms with van der Waals surface area (Å²) in [6.45, 7) is 2.22. The van der Waals surface area contributed by atoms with E-state index in [0.717, 1.165) is 5.92 Å². The summed E-state index contributed by atoms with van der Waals surface area (Å²) in [6, 6.07) is 10.6. The molecule has 1 aliphatic carbocycles. The molecular formula is C22H28FN. The van der Waals surface area contributed by atoms with Gasteiger partial charge in [-0.1, -0.05) is 49.8 Å². The molecule has 1 aromatic rings. The molecule has 0 radical (unpaired) electrons. The third-order valence-electron chi connectivity index (χ3n) is 5.03. The van der Waals surface area contributed by atoms with Gasteiger partial charge in [0.2, 0.25) is 0 Å². The molecule has 0 aliphatic heterocycles. The maximum absolute atomic E-state index is 12.7. The van der Waals surface area contributed by atoms with Gasteiger partial charge in [0.05, 0.1) is 0 Å². The monoisotopic (exact) mass is 325 g/mol. The predicted octanol–water partition coefficient (Wildman–Crippen LogP) is 6.31. The summed E-state index contributed by atoms with van der Waals surface area (Å²) < 4.78 is 12.7. The third kappa shape index (κ3) is 6.32. The van der Waals surface area contributed by atoms with Gasteiger partial charge in [0, 0.05) is 0 Å². The Kier molecular flexibility index (Phi) is 7.75. The minimum absolute atomic E-state index is 0.539. The molecule has 0 N–H and O–H groups in total. The van der Waals surface area contributed by atoms with E-state index in [4.69, 9.17) is 5.26 Å². The van der Waals surface area contributed by atoms with Crippen molar-refractivity contribution in [3.63, 3.8) is 0 Å². The summed E-state index contributed by atoms with van der Waals surface area (Å²) in [5, 5.41) is 8.37. The molecule has 1 aliphatic rings. The molecular weight excluding hydrogens is 297 g/mol. The van der Waals surface area contributed by atoms with Crippen molar-refractivity contribution in [2.75, 3.05) is 0 Å². The second-order valence-electron chi connectivity index (χ2n) is 6.90. The van der Waals surface area contributed by atoms with E-state index in [0.29, 0.717) is 5.92 Å². The minimum atomic E-state index is -0.718. The molecule has 0 bridgehead atoms. The zero-order valence-corrected chi connectivity index (χ0v) is 14.7. The van der Waals surface area contributed by atoms with Crippen LogP contribution in [0.4, 0.5) is 4.39 Å². The number of rotatable bonds is 7. The highest BCUT2D eigenvalue weighted by molar-refractivity contribution is 5.23. The van der Waals surface area contributed by atoms with E-state index < -0.39 is 5.83 Å². The molecule has 1 saturated carbocycles. The van der Waals surface area contributed by atoms with Crippen LogP contribution in [0.1, 0.15) is 56.6 Å². The third-order valence-corrected chi connectivity index (χ3v) is 5.03. The van der Waals surface area contributed by atoms with Crippen LogP contribution < -0.4 is 0 Å². The number of aryl methyl sites for hydroxylation is 2. The van der Waals surface area contributed by atoms with Gasteiger partial charge in [0.1, 0.15) is 6.07 Å². The molecule has 0 heterocycles. The fourth-order valence-electron chi connectivity index (χ4n) is 3.54. The Morgan fingerprint density at radius 3 is 2.33 bits per heavy atom. The first-order valence-electron chi connectivity index (χ1n) is 9.23. The van der Waals surface area contributed by atoms with Gasteiger partial charge in [-0.25, -0.2) is 0 Å². The Morgan fingerprint density at radius 1 is 1.12 bits per heavy atom. The molecule has 1 aromatic carbocycles. The normalized spacial score (nSPS) is 21.8. The van der Waals surface area contributed by atoms with Crippen molar-refractivity contribution in [3.8, 4) is 6.07 Å². The number of allylic oxidation sites excluding steroid dienone is 4. The summed E-state index contributed by atoms with van der Waals surface area (Å²) in [6.07, 6.45) is 14.7. The Hall–Kier alpha value is -1.88. The number of benzene rings is 1. The van der Waals surface area contributed by atoms with Crippen molar-refractivity contribution in [1.29, 1.82) is 5.26 Å². The Bertz CT molecular complexity index is 583. The first-order chi connectivity index (χ1) is 11.7. The highest BCUT2D eigenvalue weighted by Crippen LogP contribution is 2.32. The number of nitriles is 1. The van der Waals surface area contributed by atoms with E-state index in [-0.39, 0.29) is 0 Å². The van der Waals surface area contributed by atoms with E-state index >= 15 is 0 Å². The molecule has 2 rings (SSSR count). The maximum atomic E-state index is 12.7. The van der Waals surface area contributed by atoms with Crippen LogP contribution in [0, 0.1) is 23.2 Å². The topological polar surface area (TPSA) is 23.8 Å². The predicted molar refractivity (Wildman–Crippen MR) is 98.2 cm³/mol. The van der Waals surface area contributed by atoms with E-state index in [9.17, 15) is 4.39 Å². The van der Waals surface area contributed by atoms with Crippen molar-refractivity contribution >= 4 is 0 Å². The first-order valence-corrected chi connectivity index (χ1v) is 9.23. The molecule has 0 unspecified atom stereocenters. The molecule has 0 spiro atoms. The molecule has 0 saturated heterocycles. The van der Waals surface area contributed by atoms with Gasteiger partial charge in [-0.05, 0) is 74.0 Å². The minimum Gasteiger partial charge on any atom is -0.195 e. The molecule has 0 atom stereocenters. The average molecular weight is 325 g/mol. The summed E-state index contributed by atoms with van der Waals surface area (Å²) in [5.41, 5.74) is 2.89. The van der Waals surface area contributed by atoms with Crippen molar-refractivity contribution in [2.24, 2.45) is 11.8 Å². The highest BCUT2D eigenvalue weighted by atomic mass is 19.1. The molecule has 0 amide bonds. The van der Waals surface area contributed by atoms with Crippen LogP contribution in [0.25, 0.3) is 0 Å². The first kappa shape index (κ1) is 18.5. The van der Waals surface area contributed by atoms with Gasteiger partial charge >= 0.3 is 0 Å². The van der Waals surface area contributed by atoms with Crippen LogP contribution in [0.15, 0.2) is 48.3 Å². The van der Waals surface area contributed by atoms with Crippen molar-refractivity contribution < 1.29 is 4.39 Å². The van der Waals surface area contributed by atoms with E-state index in [2.05, 4.69) is 37.3 Å². The van der Waals surface area contributed by atoms with Crippen LogP contribution in [-0.2, 0) is 12.8 Å². The molecule has 128 valence electrons. The highest BCUT2D eigenvalue weighted by Gasteiger charge is 2.19. The van der Waals surface area contributed by atoms with Gasteiger partial charge in [-0.15, -0.1) is 0 Å². The lowest BCUT2D eigenvalue weighted by molar-refractivity contribution is 0.296. The second-order valence-corrected chi connectivity index (χ2v) is 6.90. The number of halogens is 1. The van der Waals surface area contributed by atoms with Crippen molar-refractivity contribution in [3.05, 3.63) is 59.4 Å². The number of nitrogens with zero attached hydrogens (tertiary/aromatic N) is 1. The molecule has 0 aromatic heterocycles. The summed E-state index contributed by atoms with van der Waals surface area (Å²) >= 11 is 0. The summed E-state index contributed by atoms with van der Waals surface area (Å²) in [4.78, 5) is 0. The maximum Gasteiger partial charge on any atom is 0.199 e. The quantitative estimate of drug-likeness (QED) is 0.425. The fraction of sp³-hybridized carbons (Fsp3) is 0.500. The summed E-state index contributed by atoms with van der Waals surface area (Å²) in [7, 11) is 0. The van der Waals surface area contributed by atoms with E-state index in [1.165, 1.54) is 74.6 Å². The SMILES string of the molecule is CCCc1ccc(CCC2CCC(/C=C/C=C(\F)C#N)CC2)cc1. The van der Waals surface area contributed by atoms with Gasteiger partial charge in [0.25, 0.3) is 0 Å². The smallest absolute Gasteiger partial charge is 0.195 e. The van der Waals surface area contributed by atoms with Gasteiger partial charge in [-0.2, -0.15) is 9.65 Å². The van der Waals surface area contributed by atoms with Crippen molar-refractivity contribution in [2.45, 2.75) is 58.3 Å². The van der Waals surface area contributed by atoms with Crippen LogP contribution >= 0.6 is 0 Å². The van der Waals surface area contributed by atoms with Crippen LogP contribution in [0.3, 0.4) is 0 Å². The number of hydrogen-bond donors (Lipinski definition) is 0. The molecule has 2 heteroatoms. The molecule has 24 heavy (non-hydrogen) atoms. The largest absolute Gasteiger partial charge is 0.199 e. The average Bonchev–Trinajstić information content (AvgIpc) is 2.62. The Morgan fingerprint density at radius 2 is 1.75 bits per heavy atom. The van der Waals surface area contributed by atoms with Crippen LogP contribution in [-0.4, -0.2) is 0 Å². The van der Waals surface area contributed by atoms with E-state index in [1.807, 2.05) is 0 Å². The van der Waals surface area contributed by atoms with Gasteiger partial charge < -0.3 is 0 Å². The van der Waals surface area contributed by atoms with E-state index in [1.54, 1.807) is 6.08 Å². The Balaban J connectivity index is 1.70. The molecule has 1 nitrogen and oxygen atoms in total. The number of hydrogen-bond acceptors (Lipinski definition) is 1. The standard InChI is InChI=1S/C22H28FN/c1-2-4-18-7-11-20(12-8-18)15-16-21-13-9-19(10-14-21)5-3-6-22(23)17-24/h3,5-8,11-12,19,21H,2,4,9-10,13-16H2,1H3/b5-3+,22-6-. The zero-order chi connectivity index (χ0) is 17.2. The lowest BCUT2D eigenvalue weighted by Crippen LogP contribution is -2.13. The Labute approximate surface area is 145 Å². The molecule has 1 fully saturated rings. The summed E-state index contributed by atoms with van der Waals surface area (Å²) in [5.74, 6) is 0.638. The lowest BCUT2D eigenvalue weighted by Gasteiger charge is -2.26. The second kappa shape index (κ2) is 10.1. The van der Waals surface area contributed by atoms with Gasteiger partial charge in [0.15, 0.2) is 5.83 Å².